The van der Waals surface area contributed by atoms with Crippen molar-refractivity contribution in [2.45, 2.75) is 90.2 Å². The van der Waals surface area contributed by atoms with Crippen molar-refractivity contribution in [2.24, 2.45) is 0 Å². The molecule has 7 aromatic carbocycles. The fraction of sp³-hybridized carbons (Fsp3) is 0.278. The third-order valence-electron chi connectivity index (χ3n) is 14.2. The van der Waals surface area contributed by atoms with E-state index >= 15 is 0 Å². The Morgan fingerprint density at radius 3 is 1.36 bits per heavy atom. The third kappa shape index (κ3) is 19.3. The molecule has 0 aliphatic heterocycles. The van der Waals surface area contributed by atoms with Gasteiger partial charge in [-0.15, -0.1) is 0 Å². The fourth-order valence-corrected chi connectivity index (χ4v) is 11.6. The average molecular weight is 1230 g/mol. The van der Waals surface area contributed by atoms with Gasteiger partial charge >= 0.3 is 18.3 Å². The molecule has 3 N–H and O–H groups in total. The zero-order valence-electron chi connectivity index (χ0n) is 50.6. The topological polar surface area (TPSA) is 202 Å². The van der Waals surface area contributed by atoms with E-state index < -0.39 is 50.1 Å². The van der Waals surface area contributed by atoms with Crippen LogP contribution in [0.25, 0.3) is 4.85 Å². The van der Waals surface area contributed by atoms with Crippen molar-refractivity contribution in [1.29, 1.82) is 0 Å². The molecule has 4 atom stereocenters. The normalized spacial score (nSPS) is 14.7. The smallest absolute Gasteiger partial charge is 0.441 e. The van der Waals surface area contributed by atoms with Crippen LogP contribution in [0.4, 0.5) is 20.1 Å². The Labute approximate surface area is 527 Å². The van der Waals surface area contributed by atoms with Gasteiger partial charge < -0.3 is 48.6 Å². The van der Waals surface area contributed by atoms with Crippen LogP contribution in [0.3, 0.4) is 0 Å². The summed E-state index contributed by atoms with van der Waals surface area (Å²) < 4.78 is 36.6. The van der Waals surface area contributed by atoms with E-state index in [0.29, 0.717) is 65.0 Å². The first-order chi connectivity index (χ1) is 43.8. The third-order valence-corrected chi connectivity index (χ3v) is 16.3. The first-order valence-corrected chi connectivity index (χ1v) is 30.8. The molecule has 2 amide bonds. The average Bonchev–Trinajstić information content (AvgIpc) is 1.01. The van der Waals surface area contributed by atoms with Crippen molar-refractivity contribution in [3.05, 3.63) is 258 Å². The number of alkyl carbamates (subject to hydrolysis) is 2. The highest BCUT2D eigenvalue weighted by atomic mass is 31.2. The molecule has 18 heteroatoms. The Bertz CT molecular complexity index is 3840. The standard InChI is InChI=1S/C29H36N3O4P.C23H15NO5.C20H19NO3/c1-22(2)32(23(3)4)37(35-20-18-30-5)34-19-10-17-31-29(33)36-28-21-26-13-7-6-11-24(26)15-16-25-12-8-9-14-27(25)28;25-23(28-20-13-11-19(12-14-20)24(26)27)29-22-15-18-7-2-1-5-16(18)9-10-17-6-3-4-8-21(17)22;22-13-5-12-21-20(23)24-19-14-17-8-2-1-6-15(17)10-11-16-7-3-4-9-18(16)19/h6-9,11-14,22-23,28H,10,17-21H2,1-4H3,(H,31,33);1-8,11-14,22H,15H2;1-4,6-9,19,22H,5,12-14H2,(H,21,23). The van der Waals surface area contributed by atoms with E-state index in [1.165, 1.54) is 24.3 Å². The molecule has 0 fully saturated rings. The van der Waals surface area contributed by atoms with Gasteiger partial charge in [-0.05, 0) is 106 Å². The molecule has 17 nitrogen and oxygen atoms in total. The van der Waals surface area contributed by atoms with Crippen molar-refractivity contribution in [3.63, 3.8) is 0 Å². The number of amides is 2. The van der Waals surface area contributed by atoms with Gasteiger partial charge in [0.1, 0.15) is 30.7 Å². The van der Waals surface area contributed by atoms with E-state index in [2.05, 4.69) is 83.4 Å². The lowest BCUT2D eigenvalue weighted by molar-refractivity contribution is -0.384. The van der Waals surface area contributed by atoms with Crippen LogP contribution in [0, 0.1) is 52.2 Å². The summed E-state index contributed by atoms with van der Waals surface area (Å²) >= 11 is 0. The summed E-state index contributed by atoms with van der Waals surface area (Å²) in [5.74, 6) is 19.3. The Balaban J connectivity index is 0.000000178. The summed E-state index contributed by atoms with van der Waals surface area (Å²) in [7, 11) is -1.29. The highest BCUT2D eigenvalue weighted by molar-refractivity contribution is 7.44. The number of nitro benzene ring substituents is 1. The van der Waals surface area contributed by atoms with Crippen LogP contribution in [0.15, 0.2) is 170 Å². The summed E-state index contributed by atoms with van der Waals surface area (Å²) in [6, 6.07) is 52.4. The van der Waals surface area contributed by atoms with Crippen LogP contribution < -0.4 is 15.4 Å². The highest BCUT2D eigenvalue weighted by Gasteiger charge is 2.29. The maximum absolute atomic E-state index is 12.7. The number of nitrogens with zero attached hydrogens (tertiary/aromatic N) is 3. The van der Waals surface area contributed by atoms with Crippen LogP contribution in [-0.4, -0.2) is 84.6 Å². The van der Waals surface area contributed by atoms with Gasteiger partial charge in [0.25, 0.3) is 14.2 Å². The molecule has 7 aromatic rings. The maximum atomic E-state index is 12.7. The molecule has 4 unspecified atom stereocenters. The van der Waals surface area contributed by atoms with Crippen LogP contribution in [0.1, 0.15) is 126 Å². The highest BCUT2D eigenvalue weighted by Crippen LogP contribution is 2.46. The van der Waals surface area contributed by atoms with Crippen LogP contribution >= 0.6 is 8.53 Å². The van der Waals surface area contributed by atoms with E-state index in [4.69, 9.17) is 39.7 Å². The minimum absolute atomic E-state index is 0.0372. The van der Waals surface area contributed by atoms with Gasteiger partial charge in [-0.1, -0.05) is 145 Å². The van der Waals surface area contributed by atoms with Gasteiger partial charge in [-0.25, -0.2) is 25.6 Å². The minimum atomic E-state index is -1.29. The molecule has 0 radical (unpaired) electrons. The number of hydrogen-bond acceptors (Lipinski definition) is 13. The largest absolute Gasteiger partial charge is 0.514 e. The zero-order chi connectivity index (χ0) is 63.6. The predicted octanol–water partition coefficient (Wildman–Crippen LogP) is 13.7. The number of hydrogen-bond donors (Lipinski definition) is 3. The Hall–Kier alpha value is -9.81. The molecule has 0 saturated heterocycles. The number of rotatable bonds is 19. The van der Waals surface area contributed by atoms with Crippen molar-refractivity contribution in [1.82, 2.24) is 15.3 Å². The van der Waals surface area contributed by atoms with Crippen molar-refractivity contribution >= 4 is 32.6 Å². The van der Waals surface area contributed by atoms with Crippen LogP contribution in [0.2, 0.25) is 0 Å². The second kappa shape index (κ2) is 34.1. The number of benzene rings is 7. The molecule has 3 aliphatic carbocycles. The number of nitrogens with one attached hydrogen (secondary N) is 2. The SMILES string of the molecule is O=C(NCCCO)OC1Cc2ccccc2C#Cc2ccccc21.O=C(Oc1ccc([N+](=O)[O-])cc1)OC1Cc2ccccc2C#Cc2ccccc21.[C-]#[N+]CCOP(OCCCNC(=O)OC1Cc2ccccc2C#Cc2ccccc21)N(C(C)C)C(C)C. The number of non-ortho nitro benzene ring substituents is 1. The number of aliphatic hydroxyl groups excluding tert-OH is 1. The predicted molar refractivity (Wildman–Crippen MR) is 344 cm³/mol. The van der Waals surface area contributed by atoms with Crippen molar-refractivity contribution in [3.8, 4) is 41.3 Å². The van der Waals surface area contributed by atoms with Crippen LogP contribution in [-0.2, 0) is 42.5 Å². The second-order valence-electron chi connectivity index (χ2n) is 21.2. The number of ether oxygens (including phenoxy) is 4. The molecule has 460 valence electrons. The summed E-state index contributed by atoms with van der Waals surface area (Å²) in [5, 5.41) is 25.1. The number of fused-ring (bicyclic) bond motifs is 6. The Kier molecular flexibility index (Phi) is 25.0. The first kappa shape index (κ1) is 66.1. The zero-order valence-corrected chi connectivity index (χ0v) is 51.5. The van der Waals surface area contributed by atoms with E-state index in [0.717, 1.165) is 66.8 Å². The van der Waals surface area contributed by atoms with Gasteiger partial charge in [-0.3, -0.25) is 10.1 Å². The summed E-state index contributed by atoms with van der Waals surface area (Å²) in [5.41, 5.74) is 11.0. The van der Waals surface area contributed by atoms with Gasteiger partial charge in [-0.2, -0.15) is 0 Å². The van der Waals surface area contributed by atoms with E-state index in [1.807, 2.05) is 146 Å². The molecule has 3 aliphatic rings. The number of aliphatic hydroxyl groups is 1. The molecule has 0 bridgehead atoms. The fourth-order valence-electron chi connectivity index (χ4n) is 9.98. The molecule has 0 heterocycles. The van der Waals surface area contributed by atoms with Crippen LogP contribution in [0.5, 0.6) is 5.75 Å². The maximum Gasteiger partial charge on any atom is 0.514 e. The monoisotopic (exact) mass is 1230 g/mol. The lowest BCUT2D eigenvalue weighted by Crippen LogP contribution is -2.34. The lowest BCUT2D eigenvalue weighted by Gasteiger charge is -2.35. The quantitative estimate of drug-likeness (QED) is 0.00795. The molecule has 0 aromatic heterocycles. The van der Waals surface area contributed by atoms with Gasteiger partial charge in [0, 0.05) is 113 Å². The molecule has 0 saturated carbocycles. The lowest BCUT2D eigenvalue weighted by atomic mass is 9.92. The first-order valence-electron chi connectivity index (χ1n) is 29.6. The molecular formula is C72H70N5O12P. The molecule has 0 spiro atoms. The number of nitro groups is 1. The molecule has 90 heavy (non-hydrogen) atoms. The van der Waals surface area contributed by atoms with Gasteiger partial charge in [0.15, 0.2) is 0 Å². The van der Waals surface area contributed by atoms with Gasteiger partial charge in [0.2, 0.25) is 6.54 Å². The van der Waals surface area contributed by atoms with E-state index in [9.17, 15) is 24.5 Å². The molecular weight excluding hydrogens is 1160 g/mol. The second-order valence-corrected chi connectivity index (χ2v) is 22.7. The summed E-state index contributed by atoms with van der Waals surface area (Å²) in [4.78, 5) is 50.8. The Morgan fingerprint density at radius 2 is 0.944 bits per heavy atom. The van der Waals surface area contributed by atoms with E-state index in [1.54, 1.807) is 0 Å². The minimum Gasteiger partial charge on any atom is -0.441 e. The summed E-state index contributed by atoms with van der Waals surface area (Å²) in [6.07, 6.45) is -0.524. The van der Waals surface area contributed by atoms with Crippen molar-refractivity contribution in [2.75, 3.05) is 39.5 Å². The van der Waals surface area contributed by atoms with Gasteiger partial charge in [0.05, 0.1) is 11.5 Å². The number of carbonyl (C=O) groups excluding carboxylic acids is 3. The summed E-state index contributed by atoms with van der Waals surface area (Å²) in [6.45, 7) is 17.3. The van der Waals surface area contributed by atoms with E-state index in [-0.39, 0.29) is 30.1 Å². The number of carbonyl (C=O) groups is 3. The molecule has 10 rings (SSSR count). The Morgan fingerprint density at radius 1 is 0.567 bits per heavy atom. The van der Waals surface area contributed by atoms with Crippen molar-refractivity contribution < 1.29 is 52.4 Å².